The molecule has 0 fully saturated rings. The molecule has 0 aliphatic rings. The zero-order valence-corrected chi connectivity index (χ0v) is 9.96. The monoisotopic (exact) mass is 247 g/mol. The molecule has 0 radical (unpaired) electrons. The third-order valence-corrected chi connectivity index (χ3v) is 2.53. The topological polar surface area (TPSA) is 115 Å². The van der Waals surface area contributed by atoms with Gasteiger partial charge in [0.05, 0.1) is 18.5 Å². The summed E-state index contributed by atoms with van der Waals surface area (Å²) in [4.78, 5) is 32.6. The van der Waals surface area contributed by atoms with Crippen molar-refractivity contribution < 1.29 is 14.4 Å². The van der Waals surface area contributed by atoms with Crippen molar-refractivity contribution in [1.82, 2.24) is 5.32 Å². The molecule has 0 saturated carbocycles. The van der Waals surface area contributed by atoms with E-state index in [1.54, 1.807) is 11.8 Å². The Hall–Kier alpha value is -1.08. The van der Waals surface area contributed by atoms with Crippen LogP contribution in [0.1, 0.15) is 12.8 Å². The molecule has 0 aromatic heterocycles. The quantitative estimate of drug-likeness (QED) is 0.457. The highest BCUT2D eigenvalue weighted by molar-refractivity contribution is 7.98. The maximum atomic E-state index is 11.4. The lowest BCUT2D eigenvalue weighted by Gasteiger charge is -2.15. The van der Waals surface area contributed by atoms with Crippen molar-refractivity contribution in [2.24, 2.45) is 11.5 Å². The molecule has 0 aromatic rings. The summed E-state index contributed by atoms with van der Waals surface area (Å²) in [5, 5.41) is 2.45. The van der Waals surface area contributed by atoms with Crippen molar-refractivity contribution >= 4 is 29.9 Å². The average molecular weight is 247 g/mol. The minimum atomic E-state index is -0.991. The van der Waals surface area contributed by atoms with Gasteiger partial charge < -0.3 is 21.6 Å². The minimum absolute atomic E-state index is 0.222. The molecule has 2 unspecified atom stereocenters. The van der Waals surface area contributed by atoms with Gasteiger partial charge in [0.25, 0.3) is 0 Å². The fourth-order valence-corrected chi connectivity index (χ4v) is 1.51. The number of thioether (sulfide) groups is 1. The number of amides is 2. The zero-order chi connectivity index (χ0) is 12.6. The van der Waals surface area contributed by atoms with Crippen molar-refractivity contribution in [2.75, 3.05) is 12.0 Å². The van der Waals surface area contributed by atoms with E-state index in [1.807, 2.05) is 6.26 Å². The summed E-state index contributed by atoms with van der Waals surface area (Å²) in [5.41, 5.74) is 10.3. The van der Waals surface area contributed by atoms with Crippen LogP contribution in [0, 0.1) is 0 Å². The van der Waals surface area contributed by atoms with Crippen LogP contribution in [0.4, 0.5) is 0 Å². The van der Waals surface area contributed by atoms with Gasteiger partial charge in [0.1, 0.15) is 6.29 Å². The molecule has 0 saturated heterocycles. The number of carbonyl (C=O) groups excluding carboxylic acids is 3. The van der Waals surface area contributed by atoms with Crippen molar-refractivity contribution in [3.63, 3.8) is 0 Å². The van der Waals surface area contributed by atoms with Gasteiger partial charge in [-0.3, -0.25) is 9.59 Å². The predicted octanol–water partition coefficient (Wildman–Crippen LogP) is -1.37. The van der Waals surface area contributed by atoms with Gasteiger partial charge in [-0.05, 0) is 18.4 Å². The molecule has 0 aliphatic carbocycles. The molecular formula is C9H17N3O3S. The fourth-order valence-electron chi connectivity index (χ4n) is 1.02. The van der Waals surface area contributed by atoms with E-state index in [0.29, 0.717) is 12.7 Å². The van der Waals surface area contributed by atoms with Crippen LogP contribution < -0.4 is 16.8 Å². The number of rotatable bonds is 8. The standard InChI is InChI=1S/C9H17N3O3S/c1-16-3-2-6(5-13)12-9(15)7(10)4-8(11)14/h5-7H,2-4,10H2,1H3,(H2,11,14)(H,12,15). The molecule has 16 heavy (non-hydrogen) atoms. The van der Waals surface area contributed by atoms with Crippen molar-refractivity contribution in [3.05, 3.63) is 0 Å². The van der Waals surface area contributed by atoms with Gasteiger partial charge in [-0.2, -0.15) is 11.8 Å². The molecule has 0 spiro atoms. The van der Waals surface area contributed by atoms with Gasteiger partial charge in [-0.15, -0.1) is 0 Å². The van der Waals surface area contributed by atoms with E-state index in [1.165, 1.54) is 0 Å². The molecule has 0 heterocycles. The molecule has 7 heteroatoms. The Bertz CT molecular complexity index is 260. The second-order valence-electron chi connectivity index (χ2n) is 3.31. The van der Waals surface area contributed by atoms with Crippen molar-refractivity contribution in [2.45, 2.75) is 24.9 Å². The van der Waals surface area contributed by atoms with Gasteiger partial charge >= 0.3 is 0 Å². The summed E-state index contributed by atoms with van der Waals surface area (Å²) in [6, 6.07) is -1.55. The molecule has 5 N–H and O–H groups in total. The molecule has 0 rings (SSSR count). The number of carbonyl (C=O) groups is 3. The normalized spacial score (nSPS) is 13.9. The maximum absolute atomic E-state index is 11.4. The Morgan fingerprint density at radius 2 is 2.12 bits per heavy atom. The number of hydrogen-bond donors (Lipinski definition) is 3. The first-order valence-corrected chi connectivity index (χ1v) is 6.19. The Labute approximate surface area is 98.5 Å². The van der Waals surface area contributed by atoms with Crippen LogP contribution in [0.15, 0.2) is 0 Å². The van der Waals surface area contributed by atoms with E-state index in [-0.39, 0.29) is 6.42 Å². The van der Waals surface area contributed by atoms with Gasteiger partial charge in [0.2, 0.25) is 11.8 Å². The number of primary amides is 1. The SMILES string of the molecule is CSCCC(C=O)NC(=O)C(N)CC(N)=O. The molecule has 2 atom stereocenters. The van der Waals surface area contributed by atoms with E-state index in [9.17, 15) is 14.4 Å². The summed E-state index contributed by atoms with van der Waals surface area (Å²) in [7, 11) is 0. The first-order chi connectivity index (χ1) is 7.51. The van der Waals surface area contributed by atoms with Crippen LogP contribution in [-0.4, -0.2) is 42.2 Å². The number of aldehydes is 1. The molecule has 92 valence electrons. The first kappa shape index (κ1) is 14.9. The molecule has 0 bridgehead atoms. The third kappa shape index (κ3) is 6.41. The molecule has 2 amide bonds. The van der Waals surface area contributed by atoms with Crippen LogP contribution in [0.5, 0.6) is 0 Å². The van der Waals surface area contributed by atoms with Crippen molar-refractivity contribution in [3.8, 4) is 0 Å². The predicted molar refractivity (Wildman–Crippen MR) is 62.8 cm³/mol. The Morgan fingerprint density at radius 1 is 1.50 bits per heavy atom. The van der Waals surface area contributed by atoms with E-state index < -0.39 is 23.9 Å². The van der Waals surface area contributed by atoms with Crippen LogP contribution in [0.2, 0.25) is 0 Å². The van der Waals surface area contributed by atoms with Crippen LogP contribution >= 0.6 is 11.8 Å². The second-order valence-corrected chi connectivity index (χ2v) is 4.30. The summed E-state index contributed by atoms with van der Waals surface area (Å²) in [5.74, 6) is -0.416. The summed E-state index contributed by atoms with van der Waals surface area (Å²) >= 11 is 1.58. The van der Waals surface area contributed by atoms with E-state index in [0.717, 1.165) is 5.75 Å². The minimum Gasteiger partial charge on any atom is -0.370 e. The Morgan fingerprint density at radius 3 is 2.56 bits per heavy atom. The zero-order valence-electron chi connectivity index (χ0n) is 9.14. The van der Waals surface area contributed by atoms with Crippen LogP contribution in [0.25, 0.3) is 0 Å². The van der Waals surface area contributed by atoms with E-state index >= 15 is 0 Å². The van der Waals surface area contributed by atoms with E-state index in [2.05, 4.69) is 5.32 Å². The van der Waals surface area contributed by atoms with Gasteiger partial charge in [-0.1, -0.05) is 0 Å². The third-order valence-electron chi connectivity index (χ3n) is 1.88. The lowest BCUT2D eigenvalue weighted by Crippen LogP contribution is -2.47. The smallest absolute Gasteiger partial charge is 0.238 e. The average Bonchev–Trinajstić information content (AvgIpc) is 2.22. The number of nitrogens with one attached hydrogen (secondary N) is 1. The van der Waals surface area contributed by atoms with Gasteiger partial charge in [0, 0.05) is 0 Å². The van der Waals surface area contributed by atoms with Gasteiger partial charge in [0.15, 0.2) is 0 Å². The number of nitrogens with two attached hydrogens (primary N) is 2. The summed E-state index contributed by atoms with van der Waals surface area (Å²) < 4.78 is 0. The Balaban J connectivity index is 4.08. The highest BCUT2D eigenvalue weighted by Gasteiger charge is 2.19. The molecule has 0 aromatic carbocycles. The maximum Gasteiger partial charge on any atom is 0.238 e. The van der Waals surface area contributed by atoms with Crippen molar-refractivity contribution in [1.29, 1.82) is 0 Å². The van der Waals surface area contributed by atoms with Crippen LogP contribution in [-0.2, 0) is 14.4 Å². The van der Waals surface area contributed by atoms with Crippen LogP contribution in [0.3, 0.4) is 0 Å². The Kier molecular flexibility index (Phi) is 7.57. The summed E-state index contributed by atoms with van der Waals surface area (Å²) in [6.45, 7) is 0. The first-order valence-electron chi connectivity index (χ1n) is 4.79. The highest BCUT2D eigenvalue weighted by atomic mass is 32.2. The molecule has 0 aliphatic heterocycles. The largest absolute Gasteiger partial charge is 0.370 e. The second kappa shape index (κ2) is 8.12. The van der Waals surface area contributed by atoms with E-state index in [4.69, 9.17) is 11.5 Å². The van der Waals surface area contributed by atoms with Gasteiger partial charge in [-0.25, -0.2) is 0 Å². The molecule has 6 nitrogen and oxygen atoms in total. The highest BCUT2D eigenvalue weighted by Crippen LogP contribution is 1.99. The summed E-state index contributed by atoms with van der Waals surface area (Å²) in [6.07, 6.45) is 2.88. The lowest BCUT2D eigenvalue weighted by molar-refractivity contribution is -0.127. The molecular weight excluding hydrogens is 230 g/mol. The fraction of sp³-hybridized carbons (Fsp3) is 0.667. The number of hydrogen-bond acceptors (Lipinski definition) is 5. The lowest BCUT2D eigenvalue weighted by atomic mass is 10.1.